The zero-order valence-electron chi connectivity index (χ0n) is 20.0. The molecule has 1 N–H and O–H groups in total. The van der Waals surface area contributed by atoms with Gasteiger partial charge in [0.1, 0.15) is 15.8 Å². The SMILES string of the molecule is Cc1ccc(NC(=O)[C@@H](C)N2C(=O)[C@@H]3[C@H](C2=O)C2(Cl)c4ccccc4C3(Cl)c3ccccc32)c(C)c1. The first-order chi connectivity index (χ1) is 17.1. The van der Waals surface area contributed by atoms with Crippen LogP contribution in [0.5, 0.6) is 0 Å². The maximum absolute atomic E-state index is 14.0. The Morgan fingerprint density at radius 2 is 1.28 bits per heavy atom. The number of nitrogens with one attached hydrogen (secondary N) is 1. The molecule has 0 radical (unpaired) electrons. The van der Waals surface area contributed by atoms with Crippen molar-refractivity contribution in [1.82, 2.24) is 4.90 Å². The van der Waals surface area contributed by atoms with Crippen LogP contribution in [0.3, 0.4) is 0 Å². The minimum absolute atomic E-state index is 0.447. The zero-order chi connectivity index (χ0) is 25.6. The Balaban J connectivity index is 1.44. The molecule has 3 aromatic rings. The van der Waals surface area contributed by atoms with E-state index in [2.05, 4.69) is 5.32 Å². The highest BCUT2D eigenvalue weighted by molar-refractivity contribution is 6.36. The van der Waals surface area contributed by atoms with Crippen molar-refractivity contribution in [2.75, 3.05) is 5.32 Å². The molecular formula is C29H24Cl2N2O3. The van der Waals surface area contributed by atoms with Crippen LogP contribution in [0.2, 0.25) is 0 Å². The number of alkyl halides is 2. The van der Waals surface area contributed by atoms with Crippen LogP contribution < -0.4 is 5.32 Å². The normalized spacial score (nSPS) is 28.4. The van der Waals surface area contributed by atoms with E-state index in [9.17, 15) is 14.4 Å². The third kappa shape index (κ3) is 2.76. The van der Waals surface area contributed by atoms with Gasteiger partial charge in [-0.05, 0) is 54.7 Å². The van der Waals surface area contributed by atoms with Crippen molar-refractivity contribution in [3.8, 4) is 0 Å². The van der Waals surface area contributed by atoms with Crippen LogP contribution in [0.4, 0.5) is 5.69 Å². The number of benzene rings is 3. The van der Waals surface area contributed by atoms with Crippen molar-refractivity contribution < 1.29 is 14.4 Å². The summed E-state index contributed by atoms with van der Waals surface area (Å²) in [4.78, 5) is 39.8. The fraction of sp³-hybridized carbons (Fsp3) is 0.276. The number of hydrogen-bond acceptors (Lipinski definition) is 3. The van der Waals surface area contributed by atoms with E-state index in [0.717, 1.165) is 38.3 Å². The van der Waals surface area contributed by atoms with Crippen LogP contribution in [0.1, 0.15) is 40.3 Å². The molecule has 0 unspecified atom stereocenters. The third-order valence-electron chi connectivity index (χ3n) is 8.03. The summed E-state index contributed by atoms with van der Waals surface area (Å²) in [7, 11) is 0. The molecule has 1 heterocycles. The second-order valence-electron chi connectivity index (χ2n) is 10.0. The van der Waals surface area contributed by atoms with Crippen LogP contribution in [0.15, 0.2) is 66.7 Å². The molecule has 182 valence electrons. The summed E-state index contributed by atoms with van der Waals surface area (Å²) in [6.07, 6.45) is 0. The number of rotatable bonds is 3. The van der Waals surface area contributed by atoms with Gasteiger partial charge in [0, 0.05) is 5.69 Å². The number of anilines is 1. The second-order valence-corrected chi connectivity index (χ2v) is 11.2. The van der Waals surface area contributed by atoms with Gasteiger partial charge in [-0.3, -0.25) is 19.3 Å². The van der Waals surface area contributed by atoms with Crippen LogP contribution in [-0.2, 0) is 24.1 Å². The van der Waals surface area contributed by atoms with Gasteiger partial charge in [-0.15, -0.1) is 23.2 Å². The largest absolute Gasteiger partial charge is 0.324 e. The Hall–Kier alpha value is -3.15. The molecule has 36 heavy (non-hydrogen) atoms. The predicted octanol–water partition coefficient (Wildman–Crippen LogP) is 5.22. The molecule has 5 nitrogen and oxygen atoms in total. The first-order valence-electron chi connectivity index (χ1n) is 11.9. The molecule has 0 spiro atoms. The molecule has 0 aromatic heterocycles. The van der Waals surface area contributed by atoms with Gasteiger partial charge in [0.15, 0.2) is 0 Å². The summed E-state index contributed by atoms with van der Waals surface area (Å²) in [5, 5.41) is 2.88. The van der Waals surface area contributed by atoms with Gasteiger partial charge in [-0.25, -0.2) is 0 Å². The molecule has 2 bridgehead atoms. The summed E-state index contributed by atoms with van der Waals surface area (Å²) in [6, 6.07) is 19.6. The number of carbonyl (C=O) groups excluding carboxylic acids is 3. The van der Waals surface area contributed by atoms with E-state index in [0.29, 0.717) is 5.69 Å². The minimum Gasteiger partial charge on any atom is -0.324 e. The van der Waals surface area contributed by atoms with Gasteiger partial charge in [0.25, 0.3) is 0 Å². The van der Waals surface area contributed by atoms with E-state index in [1.54, 1.807) is 6.92 Å². The van der Waals surface area contributed by atoms with Crippen LogP contribution in [0, 0.1) is 25.7 Å². The van der Waals surface area contributed by atoms with E-state index >= 15 is 0 Å². The summed E-state index contributed by atoms with van der Waals surface area (Å²) in [5.74, 6) is -3.25. The molecule has 1 aliphatic heterocycles. The van der Waals surface area contributed by atoms with Gasteiger partial charge in [-0.1, -0.05) is 66.2 Å². The summed E-state index contributed by atoms with van der Waals surface area (Å²) >= 11 is 14.9. The lowest BCUT2D eigenvalue weighted by Gasteiger charge is -2.54. The van der Waals surface area contributed by atoms with E-state index in [-0.39, 0.29) is 0 Å². The van der Waals surface area contributed by atoms with Gasteiger partial charge in [0.2, 0.25) is 17.7 Å². The Morgan fingerprint density at radius 1 is 0.833 bits per heavy atom. The van der Waals surface area contributed by atoms with Crippen molar-refractivity contribution in [3.63, 3.8) is 0 Å². The first-order valence-corrected chi connectivity index (χ1v) is 12.7. The quantitative estimate of drug-likeness (QED) is 0.381. The third-order valence-corrected chi connectivity index (χ3v) is 9.31. The summed E-state index contributed by atoms with van der Waals surface area (Å²) < 4.78 is 0. The maximum atomic E-state index is 14.0. The smallest absolute Gasteiger partial charge is 0.247 e. The fourth-order valence-corrected chi connectivity index (χ4v) is 7.48. The standard InChI is InChI=1S/C29H24Cl2N2O3/c1-15-12-13-22(16(2)14-15)32-25(34)17(3)33-26(35)23-24(27(33)36)29(31)19-9-5-4-8-18(19)28(23,30)20-10-6-7-11-21(20)29/h4-14,17,23-24H,1-3H3,(H,32,34)/t17-,23-,24+,28?,29?/m1/s1. The lowest BCUT2D eigenvalue weighted by molar-refractivity contribution is -0.146. The highest BCUT2D eigenvalue weighted by Gasteiger charge is 2.73. The molecule has 3 aliphatic carbocycles. The Bertz CT molecular complexity index is 1360. The highest BCUT2D eigenvalue weighted by Crippen LogP contribution is 2.69. The average Bonchev–Trinajstić information content (AvgIpc) is 3.14. The summed E-state index contributed by atoms with van der Waals surface area (Å²) in [5.41, 5.74) is 5.54. The molecule has 3 aromatic carbocycles. The lowest BCUT2D eigenvalue weighted by Crippen LogP contribution is -2.57. The Kier molecular flexibility index (Phi) is 4.96. The van der Waals surface area contributed by atoms with E-state index < -0.39 is 45.3 Å². The van der Waals surface area contributed by atoms with E-state index in [1.165, 1.54) is 0 Å². The van der Waals surface area contributed by atoms with Crippen molar-refractivity contribution in [2.45, 2.75) is 36.6 Å². The molecule has 1 fully saturated rings. The number of hydrogen-bond donors (Lipinski definition) is 1. The molecule has 7 rings (SSSR count). The number of amides is 3. The number of aryl methyl sites for hydroxylation is 2. The number of imide groups is 1. The van der Waals surface area contributed by atoms with Gasteiger partial charge < -0.3 is 5.32 Å². The van der Waals surface area contributed by atoms with Gasteiger partial charge in [0.05, 0.1) is 11.8 Å². The second kappa shape index (κ2) is 7.67. The summed E-state index contributed by atoms with van der Waals surface area (Å²) in [6.45, 7) is 5.43. The monoisotopic (exact) mass is 518 g/mol. The topological polar surface area (TPSA) is 66.5 Å². The molecular weight excluding hydrogens is 495 g/mol. The van der Waals surface area contributed by atoms with Crippen LogP contribution >= 0.6 is 23.2 Å². The Labute approximate surface area is 219 Å². The number of nitrogens with zero attached hydrogens (tertiary/aromatic N) is 1. The van der Waals surface area contributed by atoms with Crippen molar-refractivity contribution in [1.29, 1.82) is 0 Å². The number of carbonyl (C=O) groups is 3. The van der Waals surface area contributed by atoms with Crippen molar-refractivity contribution >= 4 is 46.6 Å². The fourth-order valence-electron chi connectivity index (χ4n) is 6.38. The van der Waals surface area contributed by atoms with Crippen LogP contribution in [-0.4, -0.2) is 28.7 Å². The van der Waals surface area contributed by atoms with Crippen molar-refractivity contribution in [3.05, 3.63) is 100 Å². The number of likely N-dealkylation sites (tertiary alicyclic amines) is 1. The molecule has 1 saturated heterocycles. The average molecular weight is 519 g/mol. The molecule has 4 aliphatic rings. The van der Waals surface area contributed by atoms with E-state index in [4.69, 9.17) is 23.2 Å². The van der Waals surface area contributed by atoms with Crippen LogP contribution in [0.25, 0.3) is 0 Å². The lowest BCUT2D eigenvalue weighted by atomic mass is 9.54. The molecule has 7 heteroatoms. The zero-order valence-corrected chi connectivity index (χ0v) is 21.5. The molecule has 3 amide bonds. The predicted molar refractivity (Wildman–Crippen MR) is 139 cm³/mol. The van der Waals surface area contributed by atoms with Crippen molar-refractivity contribution in [2.24, 2.45) is 11.8 Å². The maximum Gasteiger partial charge on any atom is 0.247 e. The highest BCUT2D eigenvalue weighted by atomic mass is 35.5. The van der Waals surface area contributed by atoms with Gasteiger partial charge in [-0.2, -0.15) is 0 Å². The minimum atomic E-state index is -1.26. The molecule has 3 atom stereocenters. The molecule has 0 saturated carbocycles. The van der Waals surface area contributed by atoms with Gasteiger partial charge >= 0.3 is 0 Å². The number of halogens is 2. The van der Waals surface area contributed by atoms with E-state index in [1.807, 2.05) is 80.6 Å². The first kappa shape index (κ1) is 23.3. The Morgan fingerprint density at radius 3 is 1.69 bits per heavy atom.